The Bertz CT molecular complexity index is 2110. The number of aromatic nitrogens is 1. The number of rotatable bonds is 7. The van der Waals surface area contributed by atoms with E-state index in [1.807, 2.05) is 0 Å². The SMILES string of the molecule is Cc1cc(S(=O)(=O)C(F)(F)F)cc(S(=O)(=O)C(F)(F)F)c1[O-].Cc1ccc(S(=O)(=O)C(F)(F)F)[n-]1.O=S([O-])F.[Li+].[Li+].[Li+].[NH-]S(=O)(=O)C(F)(F)C(F)(F)C(F)(F)CF. The molecule has 1 heterocycles. The van der Waals surface area contributed by atoms with Crippen molar-refractivity contribution in [3.8, 4) is 5.75 Å². The van der Waals surface area contributed by atoms with E-state index in [1.54, 1.807) is 0 Å². The summed E-state index contributed by atoms with van der Waals surface area (Å²) in [5.74, 6) is -14.1. The minimum atomic E-state index is -6.53. The third-order valence-corrected chi connectivity index (χ3v) is 10.4. The number of hydrogen-bond donors (Lipinski definition) is 0. The van der Waals surface area contributed by atoms with E-state index in [-0.39, 0.29) is 68.3 Å². The summed E-state index contributed by atoms with van der Waals surface area (Å²) in [6.07, 6.45) is 0. The fraction of sp³-hybridized carbons (Fsp3) is 0.474. The normalized spacial score (nSPS) is 13.6. The van der Waals surface area contributed by atoms with E-state index >= 15 is 0 Å². The topological polar surface area (TPSA) is 238 Å². The van der Waals surface area contributed by atoms with Gasteiger partial charge in [-0.2, -0.15) is 71.6 Å². The zero-order valence-corrected chi connectivity index (χ0v) is 32.0. The molecule has 0 saturated heterocycles. The molecule has 0 fully saturated rings. The molecular formula is C19H13F17Li3N2O11S5-. The van der Waals surface area contributed by atoms with E-state index < -0.39 is 123 Å². The number of sulfonamides is 1. The van der Waals surface area contributed by atoms with Gasteiger partial charge < -0.3 is 19.8 Å². The Hall–Kier alpha value is -1.23. The zero-order valence-electron chi connectivity index (χ0n) is 27.9. The van der Waals surface area contributed by atoms with Crippen LogP contribution in [0.1, 0.15) is 11.3 Å². The zero-order chi connectivity index (χ0) is 44.3. The molecule has 0 aliphatic heterocycles. The second-order valence-electron chi connectivity index (χ2n) is 8.97. The number of nitrogens with zero attached hydrogens (tertiary/aromatic N) is 1. The standard InChI is InChI=1S/C9H6F6O5S2.C6H5F3NO2S.C4H3F7NO2S.FHO2S.3Li/c1-4-2-5(21(17,18)8(10,11)12)3-6(7(4)16)22(19,20)9(13,14)15;1-4-2-3-5(10-4)13(11,12)6(7,8)9;5-1-2(6,7)3(8,9)4(10,11)15(12,13)14;1-4(2)3;;;/h2-3,16H,1H3;2-3H,1H3;1H2,(H-,12,13,14);(H,2,3);;;/q;2*-1;;3*+1/p-2. The van der Waals surface area contributed by atoms with E-state index in [9.17, 15) is 113 Å². The van der Waals surface area contributed by atoms with Gasteiger partial charge in [0.2, 0.25) is 0 Å². The molecule has 0 bridgehead atoms. The number of aryl methyl sites for hydroxylation is 2. The maximum Gasteiger partial charge on any atom is 1.00 e. The van der Waals surface area contributed by atoms with Crippen LogP contribution >= 0.6 is 0 Å². The van der Waals surface area contributed by atoms with Crippen LogP contribution in [0.4, 0.5) is 74.1 Å². The predicted molar refractivity (Wildman–Crippen MR) is 139 cm³/mol. The average molecular weight is 949 g/mol. The number of alkyl halides is 16. The first kappa shape index (κ1) is 64.9. The van der Waals surface area contributed by atoms with Gasteiger partial charge in [0.05, 0.1) is 9.79 Å². The molecular weight excluding hydrogens is 936 g/mol. The summed E-state index contributed by atoms with van der Waals surface area (Å²) in [5, 5.41) is 9.76. The summed E-state index contributed by atoms with van der Waals surface area (Å²) in [5.41, 5.74) is -17.8. The van der Waals surface area contributed by atoms with Gasteiger partial charge >= 0.3 is 90.2 Å². The van der Waals surface area contributed by atoms with Crippen LogP contribution in [-0.2, 0) is 51.0 Å². The van der Waals surface area contributed by atoms with Crippen LogP contribution in [-0.4, -0.2) is 82.7 Å². The molecule has 38 heteroatoms. The van der Waals surface area contributed by atoms with E-state index in [1.165, 1.54) is 13.0 Å². The monoisotopic (exact) mass is 949 g/mol. The molecule has 1 unspecified atom stereocenters. The number of halogens is 17. The van der Waals surface area contributed by atoms with E-state index in [0.717, 1.165) is 6.07 Å². The van der Waals surface area contributed by atoms with Gasteiger partial charge in [-0.15, -0.1) is 3.89 Å². The number of benzene rings is 1. The van der Waals surface area contributed by atoms with Crippen molar-refractivity contribution in [1.29, 1.82) is 0 Å². The summed E-state index contributed by atoms with van der Waals surface area (Å²) in [6, 6.07) is 1.75. The van der Waals surface area contributed by atoms with Crippen molar-refractivity contribution >= 4 is 51.0 Å². The molecule has 2 rings (SSSR count). The fourth-order valence-electron chi connectivity index (χ4n) is 2.50. The molecule has 2 aromatic rings. The predicted octanol–water partition coefficient (Wildman–Crippen LogP) is -4.14. The molecule has 1 aromatic carbocycles. The molecule has 318 valence electrons. The molecule has 0 aliphatic carbocycles. The molecule has 0 amide bonds. The van der Waals surface area contributed by atoms with Gasteiger partial charge in [-0.3, -0.25) is 0 Å². The van der Waals surface area contributed by atoms with Crippen LogP contribution in [0.25, 0.3) is 5.14 Å². The summed E-state index contributed by atoms with van der Waals surface area (Å²) in [6.45, 7) is -1.08. The van der Waals surface area contributed by atoms with Crippen LogP contribution in [0.2, 0.25) is 0 Å². The van der Waals surface area contributed by atoms with Crippen molar-refractivity contribution in [1.82, 2.24) is 4.98 Å². The average Bonchev–Trinajstić information content (AvgIpc) is 3.39. The van der Waals surface area contributed by atoms with Gasteiger partial charge in [0, 0.05) is 0 Å². The Balaban J connectivity index is -0.000000228. The van der Waals surface area contributed by atoms with Crippen LogP contribution in [0, 0.1) is 13.8 Å². The van der Waals surface area contributed by atoms with E-state index in [2.05, 4.69) is 4.98 Å². The van der Waals surface area contributed by atoms with Crippen LogP contribution < -0.4 is 66.7 Å². The van der Waals surface area contributed by atoms with Crippen molar-refractivity contribution < 1.29 is 178 Å². The first-order valence-electron chi connectivity index (χ1n) is 11.6. The first-order valence-corrected chi connectivity index (χ1v) is 18.5. The van der Waals surface area contributed by atoms with Crippen molar-refractivity contribution in [3.63, 3.8) is 0 Å². The summed E-state index contributed by atoms with van der Waals surface area (Å²) in [4.78, 5) is -0.604. The maximum atomic E-state index is 12.4. The van der Waals surface area contributed by atoms with Gasteiger partial charge in [-0.05, 0) is 24.1 Å². The maximum absolute atomic E-state index is 12.4. The number of hydrogen-bond acceptors (Lipinski definition) is 11. The second kappa shape index (κ2) is 21.5. The van der Waals surface area contributed by atoms with E-state index in [0.29, 0.717) is 6.92 Å². The quantitative estimate of drug-likeness (QED) is 0.111. The second-order valence-corrected chi connectivity index (χ2v) is 16.6. The van der Waals surface area contributed by atoms with Crippen LogP contribution in [0.3, 0.4) is 0 Å². The smallest absolute Gasteiger partial charge is 0.871 e. The molecule has 1 atom stereocenters. The van der Waals surface area contributed by atoms with Crippen molar-refractivity contribution in [2.75, 3.05) is 6.67 Å². The molecule has 0 saturated carbocycles. The summed E-state index contributed by atoms with van der Waals surface area (Å²) >= 11 is -3.36. The summed E-state index contributed by atoms with van der Waals surface area (Å²) in [7, 11) is -24.2. The first-order chi connectivity index (χ1) is 23.3. The Morgan fingerprint density at radius 3 is 1.30 bits per heavy atom. The van der Waals surface area contributed by atoms with Gasteiger partial charge in [-0.25, -0.2) is 42.3 Å². The Labute approximate surface area is 347 Å². The number of nitrogens with one attached hydrogen (secondary N) is 1. The molecule has 1 aromatic heterocycles. The molecule has 0 aliphatic rings. The van der Waals surface area contributed by atoms with E-state index in [4.69, 9.17) is 13.9 Å². The fourth-order valence-corrected chi connectivity index (χ4v) is 5.62. The Kier molecular flexibility index (Phi) is 24.5. The van der Waals surface area contributed by atoms with Gasteiger partial charge in [0.1, 0.15) is 21.5 Å². The van der Waals surface area contributed by atoms with Gasteiger partial charge in [0.25, 0.3) is 29.5 Å². The van der Waals surface area contributed by atoms with Crippen molar-refractivity contribution in [3.05, 3.63) is 40.7 Å². The summed E-state index contributed by atoms with van der Waals surface area (Å²) < 4.78 is 307. The third-order valence-electron chi connectivity index (χ3n) is 5.09. The Morgan fingerprint density at radius 1 is 0.684 bits per heavy atom. The van der Waals surface area contributed by atoms with Gasteiger partial charge in [0.15, 0.2) is 6.67 Å². The minimum absolute atomic E-state index is 0. The Morgan fingerprint density at radius 2 is 1.04 bits per heavy atom. The molecule has 1 N–H and O–H groups in total. The largest absolute Gasteiger partial charge is 1.00 e. The minimum Gasteiger partial charge on any atom is -0.871 e. The molecule has 13 nitrogen and oxygen atoms in total. The third kappa shape index (κ3) is 15.6. The molecule has 0 radical (unpaired) electrons. The van der Waals surface area contributed by atoms with Crippen LogP contribution in [0.5, 0.6) is 5.75 Å². The molecule has 0 spiro atoms. The van der Waals surface area contributed by atoms with Gasteiger partial charge in [-0.1, -0.05) is 30.4 Å². The van der Waals surface area contributed by atoms with Crippen LogP contribution in [0.15, 0.2) is 39.1 Å². The van der Waals surface area contributed by atoms with Crippen molar-refractivity contribution in [2.45, 2.75) is 62.3 Å². The van der Waals surface area contributed by atoms with Crippen molar-refractivity contribution in [2.24, 2.45) is 0 Å². The number of sulfone groups is 3. The molecule has 57 heavy (non-hydrogen) atoms.